The van der Waals surface area contributed by atoms with Gasteiger partial charge in [0.2, 0.25) is 0 Å². The van der Waals surface area contributed by atoms with Gasteiger partial charge in [-0.05, 0) is 80.7 Å². The molecule has 3 rings (SSSR count). The molecule has 182 valence electrons. The summed E-state index contributed by atoms with van der Waals surface area (Å²) in [5.74, 6) is 1.49. The van der Waals surface area contributed by atoms with Gasteiger partial charge in [-0.1, -0.05) is 31.2 Å². The lowest BCUT2D eigenvalue weighted by Crippen LogP contribution is -2.35. The standard InChI is InChI=1S/C26H36N2O4.ClH/c1-3-18(2)28-25(30)17-32-24-13-12-20-9-7-8-19(15-23(20)26(24)27)14-21(29)16-31-22-10-5-4-6-11-22;/h4-6,10-13,18-19,21,29H,3,7-9,14-17,27H2,1-2H3,(H,28,30);1H/t18?,19?,21-;/m0./s1. The second-order valence-corrected chi connectivity index (χ2v) is 8.76. The van der Waals surface area contributed by atoms with Crippen molar-refractivity contribution in [3.8, 4) is 11.5 Å². The van der Waals surface area contributed by atoms with Gasteiger partial charge in [-0.15, -0.1) is 12.4 Å². The zero-order valence-electron chi connectivity index (χ0n) is 19.6. The van der Waals surface area contributed by atoms with Gasteiger partial charge < -0.3 is 25.6 Å². The van der Waals surface area contributed by atoms with E-state index in [1.165, 1.54) is 5.56 Å². The molecule has 0 saturated carbocycles. The van der Waals surface area contributed by atoms with Crippen molar-refractivity contribution < 1.29 is 19.4 Å². The molecular formula is C26H37ClN2O4. The predicted molar refractivity (Wildman–Crippen MR) is 134 cm³/mol. The van der Waals surface area contributed by atoms with Gasteiger partial charge in [0, 0.05) is 6.04 Å². The van der Waals surface area contributed by atoms with Crippen LogP contribution in [0.5, 0.6) is 11.5 Å². The molecule has 0 aromatic heterocycles. The molecule has 1 aliphatic carbocycles. The Morgan fingerprint density at radius 2 is 1.97 bits per heavy atom. The van der Waals surface area contributed by atoms with Crippen LogP contribution in [0.25, 0.3) is 0 Å². The van der Waals surface area contributed by atoms with Crippen LogP contribution in [0.15, 0.2) is 42.5 Å². The molecule has 2 aromatic rings. The smallest absolute Gasteiger partial charge is 0.258 e. The number of amides is 1. The van der Waals surface area contributed by atoms with E-state index >= 15 is 0 Å². The molecule has 0 saturated heterocycles. The SMILES string of the molecule is CCC(C)NC(=O)COc1ccc2c(c1N)CC(C[C@H](O)COc1ccccc1)CCC2.Cl. The maximum Gasteiger partial charge on any atom is 0.258 e. The van der Waals surface area contributed by atoms with Crippen molar-refractivity contribution in [2.75, 3.05) is 18.9 Å². The van der Waals surface area contributed by atoms with E-state index in [4.69, 9.17) is 15.2 Å². The Labute approximate surface area is 203 Å². The number of hydrogen-bond acceptors (Lipinski definition) is 5. The van der Waals surface area contributed by atoms with Crippen molar-refractivity contribution >= 4 is 24.0 Å². The number of carbonyl (C=O) groups is 1. The Morgan fingerprint density at radius 3 is 2.70 bits per heavy atom. The summed E-state index contributed by atoms with van der Waals surface area (Å²) in [5.41, 5.74) is 9.40. The summed E-state index contributed by atoms with van der Waals surface area (Å²) in [6.07, 6.45) is 4.84. The Morgan fingerprint density at radius 1 is 1.21 bits per heavy atom. The van der Waals surface area contributed by atoms with E-state index in [-0.39, 0.29) is 37.6 Å². The summed E-state index contributed by atoms with van der Waals surface area (Å²) in [6.45, 7) is 4.22. The van der Waals surface area contributed by atoms with Gasteiger partial charge in [0.05, 0.1) is 11.8 Å². The predicted octanol–water partition coefficient (Wildman–Crippen LogP) is 4.31. The highest BCUT2D eigenvalue weighted by Gasteiger charge is 2.23. The van der Waals surface area contributed by atoms with Crippen LogP contribution < -0.4 is 20.5 Å². The largest absolute Gasteiger partial charge is 0.491 e. The minimum absolute atomic E-state index is 0. The lowest BCUT2D eigenvalue weighted by atomic mass is 9.91. The van der Waals surface area contributed by atoms with Crippen LogP contribution in [0, 0.1) is 5.92 Å². The summed E-state index contributed by atoms with van der Waals surface area (Å²) >= 11 is 0. The van der Waals surface area contributed by atoms with Gasteiger partial charge in [-0.2, -0.15) is 0 Å². The van der Waals surface area contributed by atoms with Crippen LogP contribution in [0.4, 0.5) is 5.69 Å². The van der Waals surface area contributed by atoms with E-state index < -0.39 is 6.10 Å². The average Bonchev–Trinajstić information content (AvgIpc) is 3.00. The number of fused-ring (bicyclic) bond motifs is 1. The highest BCUT2D eigenvalue weighted by molar-refractivity contribution is 5.85. The van der Waals surface area contributed by atoms with Gasteiger partial charge in [0.25, 0.3) is 5.91 Å². The number of halogens is 1. The van der Waals surface area contributed by atoms with Gasteiger partial charge in [0.15, 0.2) is 6.61 Å². The van der Waals surface area contributed by atoms with Crippen LogP contribution in [-0.4, -0.2) is 36.4 Å². The third-order valence-electron chi connectivity index (χ3n) is 6.13. The number of ether oxygens (including phenoxy) is 2. The second kappa shape index (κ2) is 13.3. The molecule has 6 nitrogen and oxygen atoms in total. The molecule has 0 fully saturated rings. The first-order chi connectivity index (χ1) is 15.5. The number of anilines is 1. The van der Waals surface area contributed by atoms with E-state index in [0.717, 1.165) is 43.4 Å². The van der Waals surface area contributed by atoms with Crippen molar-refractivity contribution in [2.45, 2.75) is 64.5 Å². The number of aliphatic hydroxyl groups excluding tert-OH is 1. The Kier molecular flexibility index (Phi) is 10.8. The fourth-order valence-electron chi connectivity index (χ4n) is 4.19. The second-order valence-electron chi connectivity index (χ2n) is 8.76. The first-order valence-electron chi connectivity index (χ1n) is 11.6. The molecule has 1 amide bonds. The number of nitrogens with two attached hydrogens (primary N) is 1. The number of aliphatic hydroxyl groups is 1. The summed E-state index contributed by atoms with van der Waals surface area (Å²) < 4.78 is 11.5. The van der Waals surface area contributed by atoms with Crippen LogP contribution in [0.3, 0.4) is 0 Å². The quantitative estimate of drug-likeness (QED) is 0.351. The van der Waals surface area contributed by atoms with E-state index in [9.17, 15) is 9.90 Å². The molecule has 0 heterocycles. The molecule has 4 N–H and O–H groups in total. The molecule has 0 bridgehead atoms. The molecule has 2 unspecified atom stereocenters. The van der Waals surface area contributed by atoms with Gasteiger partial charge in [0.1, 0.15) is 18.1 Å². The van der Waals surface area contributed by atoms with Crippen molar-refractivity contribution in [1.82, 2.24) is 5.32 Å². The number of para-hydroxylation sites is 1. The van der Waals surface area contributed by atoms with Gasteiger partial charge in [-0.25, -0.2) is 0 Å². The zero-order chi connectivity index (χ0) is 22.9. The van der Waals surface area contributed by atoms with E-state index in [1.54, 1.807) is 0 Å². The minimum Gasteiger partial charge on any atom is -0.491 e. The summed E-state index contributed by atoms with van der Waals surface area (Å²) in [6, 6.07) is 13.6. The van der Waals surface area contributed by atoms with Gasteiger partial charge in [-0.3, -0.25) is 4.79 Å². The number of carbonyl (C=O) groups excluding carboxylic acids is 1. The first-order valence-corrected chi connectivity index (χ1v) is 11.6. The molecule has 0 radical (unpaired) electrons. The van der Waals surface area contributed by atoms with Crippen LogP contribution in [0.1, 0.15) is 50.7 Å². The van der Waals surface area contributed by atoms with E-state index in [1.807, 2.05) is 50.2 Å². The molecule has 33 heavy (non-hydrogen) atoms. The van der Waals surface area contributed by atoms with Gasteiger partial charge >= 0.3 is 0 Å². The van der Waals surface area contributed by atoms with Crippen LogP contribution in [0.2, 0.25) is 0 Å². The van der Waals surface area contributed by atoms with Crippen LogP contribution >= 0.6 is 12.4 Å². The number of hydrogen-bond donors (Lipinski definition) is 3. The van der Waals surface area contributed by atoms with E-state index in [2.05, 4.69) is 11.4 Å². The summed E-state index contributed by atoms with van der Waals surface area (Å²) in [4.78, 5) is 12.1. The molecule has 1 aliphatic rings. The fourth-order valence-corrected chi connectivity index (χ4v) is 4.19. The Bertz CT molecular complexity index is 878. The number of aryl methyl sites for hydroxylation is 1. The van der Waals surface area contributed by atoms with Crippen LogP contribution in [-0.2, 0) is 17.6 Å². The maximum atomic E-state index is 12.1. The zero-order valence-corrected chi connectivity index (χ0v) is 20.4. The molecular weight excluding hydrogens is 440 g/mol. The lowest BCUT2D eigenvalue weighted by molar-refractivity contribution is -0.123. The average molecular weight is 477 g/mol. The van der Waals surface area contributed by atoms with Crippen molar-refractivity contribution in [3.63, 3.8) is 0 Å². The summed E-state index contributed by atoms with van der Waals surface area (Å²) in [7, 11) is 0. The molecule has 7 heteroatoms. The summed E-state index contributed by atoms with van der Waals surface area (Å²) in [5, 5.41) is 13.4. The Hall–Kier alpha value is -2.44. The van der Waals surface area contributed by atoms with Crippen molar-refractivity contribution in [3.05, 3.63) is 53.6 Å². The van der Waals surface area contributed by atoms with E-state index in [0.29, 0.717) is 23.8 Å². The maximum absolute atomic E-state index is 12.1. The third kappa shape index (κ3) is 8.13. The highest BCUT2D eigenvalue weighted by atomic mass is 35.5. The molecule has 0 aliphatic heterocycles. The Balaban J connectivity index is 0.00000385. The van der Waals surface area contributed by atoms with Crippen molar-refractivity contribution in [2.24, 2.45) is 5.92 Å². The number of nitrogen functional groups attached to an aromatic ring is 1. The highest BCUT2D eigenvalue weighted by Crippen LogP contribution is 2.35. The third-order valence-corrected chi connectivity index (χ3v) is 6.13. The fraction of sp³-hybridized carbons (Fsp3) is 0.500. The topological polar surface area (TPSA) is 93.8 Å². The minimum atomic E-state index is -0.535. The number of nitrogens with one attached hydrogen (secondary N) is 1. The first kappa shape index (κ1) is 26.8. The van der Waals surface area contributed by atoms with Crippen molar-refractivity contribution in [1.29, 1.82) is 0 Å². The normalized spacial score (nSPS) is 17.0. The monoisotopic (exact) mass is 476 g/mol. The molecule has 2 aromatic carbocycles. The molecule has 3 atom stereocenters. The lowest BCUT2D eigenvalue weighted by Gasteiger charge is -2.21. The molecule has 0 spiro atoms. The number of benzene rings is 2. The number of rotatable bonds is 10.